The predicted molar refractivity (Wildman–Crippen MR) is 76.1 cm³/mol. The summed E-state index contributed by atoms with van der Waals surface area (Å²) in [5.41, 5.74) is 1.50. The van der Waals surface area contributed by atoms with Crippen molar-refractivity contribution in [3.63, 3.8) is 0 Å². The summed E-state index contributed by atoms with van der Waals surface area (Å²) in [6.45, 7) is 1.96. The van der Waals surface area contributed by atoms with Crippen molar-refractivity contribution in [3.8, 4) is 0 Å². The molecular weight excluding hydrogens is 292 g/mol. The third kappa shape index (κ3) is 1.79. The van der Waals surface area contributed by atoms with Crippen molar-refractivity contribution in [1.29, 1.82) is 0 Å². The van der Waals surface area contributed by atoms with Crippen LogP contribution in [-0.4, -0.2) is 39.1 Å². The van der Waals surface area contributed by atoms with Crippen molar-refractivity contribution in [3.05, 3.63) is 35.8 Å². The zero-order valence-corrected chi connectivity index (χ0v) is 12.1. The van der Waals surface area contributed by atoms with Crippen LogP contribution in [0.1, 0.15) is 18.8 Å². The molecular formula is C12H11ClN8. The fourth-order valence-corrected chi connectivity index (χ4v) is 2.42. The van der Waals surface area contributed by atoms with Gasteiger partial charge >= 0.3 is 0 Å². The molecule has 0 aliphatic heterocycles. The number of hydrogen-bond acceptors (Lipinski definition) is 5. The number of hydrogen-bond donors (Lipinski definition) is 0. The van der Waals surface area contributed by atoms with E-state index in [1.165, 1.54) is 0 Å². The smallest absolute Gasteiger partial charge is 0.176 e. The maximum Gasteiger partial charge on any atom is 0.176 e. The van der Waals surface area contributed by atoms with E-state index in [-0.39, 0.29) is 6.04 Å². The van der Waals surface area contributed by atoms with Gasteiger partial charge in [0, 0.05) is 13.2 Å². The normalized spacial score (nSPS) is 13.3. The first-order valence-corrected chi connectivity index (χ1v) is 6.74. The summed E-state index contributed by atoms with van der Waals surface area (Å²) in [4.78, 5) is 8.93. The van der Waals surface area contributed by atoms with Crippen LogP contribution in [0, 0.1) is 0 Å². The molecule has 4 aromatic rings. The zero-order valence-electron chi connectivity index (χ0n) is 11.3. The van der Waals surface area contributed by atoms with Gasteiger partial charge in [-0.15, -0.1) is 5.10 Å². The van der Waals surface area contributed by atoms with E-state index in [4.69, 9.17) is 11.6 Å². The second kappa shape index (κ2) is 4.26. The van der Waals surface area contributed by atoms with E-state index < -0.39 is 0 Å². The van der Waals surface area contributed by atoms with Crippen LogP contribution in [0.4, 0.5) is 0 Å². The van der Waals surface area contributed by atoms with Crippen LogP contribution in [0.15, 0.2) is 24.9 Å². The highest BCUT2D eigenvalue weighted by atomic mass is 35.5. The molecule has 0 unspecified atom stereocenters. The standard InChI is InChI=1S/C12H11ClN8/c1-7(20-5-8(13)3-16-20)10-17-12-9-4-15-19(2)11(9)14-6-21(12)18-10/h3-7H,1-2H3/t7-/m0/s1. The van der Waals surface area contributed by atoms with Gasteiger partial charge in [-0.25, -0.2) is 14.5 Å². The van der Waals surface area contributed by atoms with E-state index in [1.54, 1.807) is 38.8 Å². The maximum absolute atomic E-state index is 5.90. The lowest BCUT2D eigenvalue weighted by atomic mass is 10.3. The van der Waals surface area contributed by atoms with E-state index >= 15 is 0 Å². The van der Waals surface area contributed by atoms with E-state index in [0.29, 0.717) is 10.8 Å². The third-order valence-corrected chi connectivity index (χ3v) is 3.62. The Kier molecular flexibility index (Phi) is 2.49. The second-order valence-electron chi connectivity index (χ2n) is 4.80. The molecule has 0 fully saturated rings. The fourth-order valence-electron chi connectivity index (χ4n) is 2.28. The Labute approximate surface area is 124 Å². The van der Waals surface area contributed by atoms with Gasteiger partial charge in [-0.05, 0) is 6.92 Å². The number of nitrogens with zero attached hydrogens (tertiary/aromatic N) is 8. The Morgan fingerprint density at radius 1 is 1.19 bits per heavy atom. The van der Waals surface area contributed by atoms with Crippen LogP contribution in [0.2, 0.25) is 5.02 Å². The van der Waals surface area contributed by atoms with Crippen molar-refractivity contribution in [1.82, 2.24) is 39.1 Å². The molecule has 4 aromatic heterocycles. The monoisotopic (exact) mass is 302 g/mol. The van der Waals surface area contributed by atoms with Gasteiger partial charge in [-0.1, -0.05) is 11.6 Å². The summed E-state index contributed by atoms with van der Waals surface area (Å²) in [6, 6.07) is -0.121. The van der Waals surface area contributed by atoms with Gasteiger partial charge in [0.15, 0.2) is 17.1 Å². The van der Waals surface area contributed by atoms with Crippen LogP contribution in [0.25, 0.3) is 16.7 Å². The summed E-state index contributed by atoms with van der Waals surface area (Å²) >= 11 is 5.90. The average molecular weight is 303 g/mol. The number of rotatable bonds is 2. The van der Waals surface area contributed by atoms with E-state index in [1.807, 2.05) is 14.0 Å². The molecule has 0 spiro atoms. The molecule has 4 heterocycles. The lowest BCUT2D eigenvalue weighted by Gasteiger charge is -2.06. The molecule has 8 nitrogen and oxygen atoms in total. The van der Waals surface area contributed by atoms with E-state index in [9.17, 15) is 0 Å². The SMILES string of the molecule is C[C@@H](c1nc2c3cnn(C)c3ncn2n1)n1cc(Cl)cn1. The van der Waals surface area contributed by atoms with Crippen molar-refractivity contribution in [2.75, 3.05) is 0 Å². The minimum atomic E-state index is -0.121. The maximum atomic E-state index is 5.90. The Morgan fingerprint density at radius 3 is 2.81 bits per heavy atom. The van der Waals surface area contributed by atoms with Gasteiger partial charge < -0.3 is 0 Å². The molecule has 0 saturated carbocycles. The molecule has 0 N–H and O–H groups in total. The minimum Gasteiger partial charge on any atom is -0.261 e. The minimum absolute atomic E-state index is 0.121. The molecule has 0 bridgehead atoms. The molecule has 0 aliphatic rings. The van der Waals surface area contributed by atoms with Crippen molar-refractivity contribution < 1.29 is 0 Å². The van der Waals surface area contributed by atoms with Crippen LogP contribution >= 0.6 is 11.6 Å². The number of aromatic nitrogens is 8. The summed E-state index contributed by atoms with van der Waals surface area (Å²) in [5, 5.41) is 14.3. The molecule has 1 atom stereocenters. The zero-order chi connectivity index (χ0) is 14.6. The van der Waals surface area contributed by atoms with Crippen LogP contribution in [-0.2, 0) is 7.05 Å². The molecule has 106 valence electrons. The predicted octanol–water partition coefficient (Wildman–Crippen LogP) is 1.47. The molecule has 9 heteroatoms. The van der Waals surface area contributed by atoms with Gasteiger partial charge in [-0.3, -0.25) is 9.36 Å². The Morgan fingerprint density at radius 2 is 2.05 bits per heavy atom. The highest BCUT2D eigenvalue weighted by molar-refractivity contribution is 6.30. The Bertz CT molecular complexity index is 949. The highest BCUT2D eigenvalue weighted by Crippen LogP contribution is 2.20. The Balaban J connectivity index is 1.88. The van der Waals surface area contributed by atoms with E-state index in [0.717, 1.165) is 16.7 Å². The summed E-state index contributed by atoms with van der Waals surface area (Å²) in [7, 11) is 1.84. The summed E-state index contributed by atoms with van der Waals surface area (Å²) in [5.74, 6) is 0.646. The van der Waals surface area contributed by atoms with Crippen molar-refractivity contribution in [2.45, 2.75) is 13.0 Å². The van der Waals surface area contributed by atoms with Gasteiger partial charge in [0.25, 0.3) is 0 Å². The highest BCUT2D eigenvalue weighted by Gasteiger charge is 2.17. The molecule has 0 radical (unpaired) electrons. The van der Waals surface area contributed by atoms with E-state index in [2.05, 4.69) is 25.3 Å². The number of fused-ring (bicyclic) bond motifs is 3. The molecule has 0 amide bonds. The lowest BCUT2D eigenvalue weighted by Crippen LogP contribution is -2.09. The molecule has 0 aromatic carbocycles. The van der Waals surface area contributed by atoms with Gasteiger partial charge in [0.2, 0.25) is 0 Å². The second-order valence-corrected chi connectivity index (χ2v) is 5.24. The fraction of sp³-hybridized carbons (Fsp3) is 0.250. The molecule has 0 aliphatic carbocycles. The quantitative estimate of drug-likeness (QED) is 0.560. The van der Waals surface area contributed by atoms with Gasteiger partial charge in [0.1, 0.15) is 12.4 Å². The average Bonchev–Trinajstić information content (AvgIpc) is 3.16. The van der Waals surface area contributed by atoms with Crippen LogP contribution < -0.4 is 0 Å². The third-order valence-electron chi connectivity index (χ3n) is 3.43. The van der Waals surface area contributed by atoms with Crippen LogP contribution in [0.5, 0.6) is 0 Å². The van der Waals surface area contributed by atoms with Crippen LogP contribution in [0.3, 0.4) is 0 Å². The first-order chi connectivity index (χ1) is 10.1. The first kappa shape index (κ1) is 12.3. The number of aryl methyl sites for hydroxylation is 1. The lowest BCUT2D eigenvalue weighted by molar-refractivity contribution is 0.536. The van der Waals surface area contributed by atoms with Gasteiger partial charge in [0.05, 0.1) is 22.8 Å². The molecule has 0 saturated heterocycles. The van der Waals surface area contributed by atoms with Gasteiger partial charge in [-0.2, -0.15) is 10.2 Å². The largest absolute Gasteiger partial charge is 0.261 e. The number of halogens is 1. The topological polar surface area (TPSA) is 78.7 Å². The molecule has 4 rings (SSSR count). The van der Waals surface area contributed by atoms with Crippen molar-refractivity contribution in [2.24, 2.45) is 7.05 Å². The first-order valence-electron chi connectivity index (χ1n) is 6.36. The summed E-state index contributed by atoms with van der Waals surface area (Å²) in [6.07, 6.45) is 6.72. The molecule has 21 heavy (non-hydrogen) atoms. The van der Waals surface area contributed by atoms with Crippen molar-refractivity contribution >= 4 is 28.3 Å². The summed E-state index contributed by atoms with van der Waals surface area (Å²) < 4.78 is 5.09. The Hall–Kier alpha value is -2.48.